The molecular formula is C20H15N5O2S. The number of benzene rings is 2. The van der Waals surface area contributed by atoms with Crippen LogP contribution >= 0.6 is 11.3 Å². The largest absolute Gasteiger partial charge is 0.497 e. The number of nitrogens with one attached hydrogen (secondary N) is 1. The first-order valence-electron chi connectivity index (χ1n) is 8.40. The van der Waals surface area contributed by atoms with Gasteiger partial charge in [-0.1, -0.05) is 17.4 Å². The SMILES string of the molecule is COc1ccc2nc(-n3nc(C)cc3NC(=O)c3cccc(C#N)c3)sc2c1. The number of aryl methyl sites for hydroxylation is 1. The van der Waals surface area contributed by atoms with E-state index in [9.17, 15) is 4.79 Å². The Balaban J connectivity index is 1.69. The molecule has 0 bridgehead atoms. The summed E-state index contributed by atoms with van der Waals surface area (Å²) in [4.78, 5) is 17.2. The molecule has 0 spiro atoms. The van der Waals surface area contributed by atoms with Crippen LogP contribution in [0.15, 0.2) is 48.5 Å². The van der Waals surface area contributed by atoms with Crippen molar-refractivity contribution in [3.8, 4) is 17.0 Å². The number of carbonyl (C=O) groups excluding carboxylic acids is 1. The summed E-state index contributed by atoms with van der Waals surface area (Å²) in [6.45, 7) is 1.85. The molecule has 1 amide bonds. The van der Waals surface area contributed by atoms with Gasteiger partial charge in [0.25, 0.3) is 5.91 Å². The van der Waals surface area contributed by atoms with Crippen LogP contribution in [0, 0.1) is 18.3 Å². The minimum Gasteiger partial charge on any atom is -0.497 e. The lowest BCUT2D eigenvalue weighted by molar-refractivity contribution is 0.102. The number of ether oxygens (including phenoxy) is 1. The van der Waals surface area contributed by atoms with Crippen molar-refractivity contribution in [1.29, 1.82) is 5.26 Å². The van der Waals surface area contributed by atoms with E-state index in [0.717, 1.165) is 21.7 Å². The van der Waals surface area contributed by atoms with Crippen molar-refractivity contribution in [1.82, 2.24) is 14.8 Å². The van der Waals surface area contributed by atoms with E-state index in [-0.39, 0.29) is 5.91 Å². The van der Waals surface area contributed by atoms with Crippen molar-refractivity contribution >= 4 is 33.3 Å². The first kappa shape index (κ1) is 17.7. The van der Waals surface area contributed by atoms with Gasteiger partial charge in [0.1, 0.15) is 11.6 Å². The molecule has 7 nitrogen and oxygen atoms in total. The number of nitriles is 1. The van der Waals surface area contributed by atoms with Crippen LogP contribution in [0.25, 0.3) is 15.3 Å². The number of aromatic nitrogens is 3. The van der Waals surface area contributed by atoms with Gasteiger partial charge in [-0.2, -0.15) is 15.0 Å². The second-order valence-electron chi connectivity index (χ2n) is 6.06. The summed E-state index contributed by atoms with van der Waals surface area (Å²) in [5.74, 6) is 0.946. The maximum Gasteiger partial charge on any atom is 0.256 e. The standard InChI is InChI=1S/C20H15N5O2S/c1-12-8-18(23-19(26)14-5-3-4-13(9-14)11-21)25(24-12)20-22-16-7-6-15(27-2)10-17(16)28-20/h3-10H,1-2H3,(H,23,26). The summed E-state index contributed by atoms with van der Waals surface area (Å²) < 4.78 is 7.83. The molecule has 0 fully saturated rings. The lowest BCUT2D eigenvalue weighted by atomic mass is 10.1. The maximum absolute atomic E-state index is 12.6. The average Bonchev–Trinajstić information content (AvgIpc) is 3.30. The predicted octanol–water partition coefficient (Wildman–Crippen LogP) is 3.92. The quantitative estimate of drug-likeness (QED) is 0.571. The van der Waals surface area contributed by atoms with E-state index in [0.29, 0.717) is 22.1 Å². The fourth-order valence-corrected chi connectivity index (χ4v) is 3.72. The third-order valence-electron chi connectivity index (χ3n) is 4.09. The van der Waals surface area contributed by atoms with Crippen LogP contribution < -0.4 is 10.1 Å². The van der Waals surface area contributed by atoms with Crippen molar-refractivity contribution in [2.45, 2.75) is 6.92 Å². The molecule has 138 valence electrons. The molecule has 4 aromatic rings. The van der Waals surface area contributed by atoms with Gasteiger partial charge < -0.3 is 10.1 Å². The summed E-state index contributed by atoms with van der Waals surface area (Å²) in [5.41, 5.74) is 2.40. The molecule has 2 aromatic heterocycles. The Hall–Kier alpha value is -3.70. The maximum atomic E-state index is 12.6. The van der Waals surface area contributed by atoms with E-state index in [1.165, 1.54) is 11.3 Å². The Bertz CT molecular complexity index is 1240. The number of carbonyl (C=O) groups is 1. The Morgan fingerprint density at radius 1 is 1.25 bits per heavy atom. The van der Waals surface area contributed by atoms with E-state index in [1.807, 2.05) is 31.2 Å². The van der Waals surface area contributed by atoms with Crippen molar-refractivity contribution in [3.63, 3.8) is 0 Å². The van der Waals surface area contributed by atoms with Gasteiger partial charge in [-0.3, -0.25) is 4.79 Å². The van der Waals surface area contributed by atoms with E-state index in [1.54, 1.807) is 42.1 Å². The molecule has 0 aliphatic rings. The number of hydrogen-bond acceptors (Lipinski definition) is 6. The van der Waals surface area contributed by atoms with Crippen molar-refractivity contribution in [2.24, 2.45) is 0 Å². The molecule has 28 heavy (non-hydrogen) atoms. The normalized spacial score (nSPS) is 10.6. The number of hydrogen-bond donors (Lipinski definition) is 1. The highest BCUT2D eigenvalue weighted by Gasteiger charge is 2.16. The molecule has 0 unspecified atom stereocenters. The molecule has 4 rings (SSSR count). The fraction of sp³-hybridized carbons (Fsp3) is 0.100. The zero-order valence-electron chi connectivity index (χ0n) is 15.1. The van der Waals surface area contributed by atoms with Gasteiger partial charge in [-0.05, 0) is 43.3 Å². The van der Waals surface area contributed by atoms with Gasteiger partial charge in [-0.25, -0.2) is 4.98 Å². The molecule has 0 aliphatic carbocycles. The molecule has 8 heteroatoms. The Kier molecular flexibility index (Phi) is 4.51. The van der Waals surface area contributed by atoms with Gasteiger partial charge in [0.15, 0.2) is 0 Å². The van der Waals surface area contributed by atoms with Crippen LogP contribution in [0.4, 0.5) is 5.82 Å². The van der Waals surface area contributed by atoms with E-state index in [2.05, 4.69) is 15.4 Å². The summed E-state index contributed by atoms with van der Waals surface area (Å²) in [6.07, 6.45) is 0. The summed E-state index contributed by atoms with van der Waals surface area (Å²) in [6, 6.07) is 16.0. The lowest BCUT2D eigenvalue weighted by Gasteiger charge is -2.06. The minimum atomic E-state index is -0.318. The topological polar surface area (TPSA) is 92.8 Å². The Morgan fingerprint density at radius 3 is 2.89 bits per heavy atom. The molecule has 0 radical (unpaired) electrons. The zero-order valence-corrected chi connectivity index (χ0v) is 15.9. The van der Waals surface area contributed by atoms with Gasteiger partial charge in [0.2, 0.25) is 5.13 Å². The van der Waals surface area contributed by atoms with Crippen molar-refractivity contribution in [2.75, 3.05) is 12.4 Å². The third-order valence-corrected chi connectivity index (χ3v) is 5.09. The molecule has 0 atom stereocenters. The lowest BCUT2D eigenvalue weighted by Crippen LogP contribution is -2.15. The Morgan fingerprint density at radius 2 is 2.11 bits per heavy atom. The number of rotatable bonds is 4. The van der Waals surface area contributed by atoms with Crippen molar-refractivity contribution < 1.29 is 9.53 Å². The van der Waals surface area contributed by atoms with Crippen LogP contribution in [0.5, 0.6) is 5.75 Å². The molecular weight excluding hydrogens is 374 g/mol. The number of anilines is 1. The highest BCUT2D eigenvalue weighted by molar-refractivity contribution is 7.20. The van der Waals surface area contributed by atoms with Crippen LogP contribution in [0.2, 0.25) is 0 Å². The monoisotopic (exact) mass is 389 g/mol. The molecule has 0 aliphatic heterocycles. The second-order valence-corrected chi connectivity index (χ2v) is 7.07. The van der Waals surface area contributed by atoms with Gasteiger partial charge in [-0.15, -0.1) is 0 Å². The number of fused-ring (bicyclic) bond motifs is 1. The molecule has 2 heterocycles. The molecule has 1 N–H and O–H groups in total. The van der Waals surface area contributed by atoms with Crippen molar-refractivity contribution in [3.05, 3.63) is 65.4 Å². The Labute approximate surface area is 164 Å². The number of amides is 1. The average molecular weight is 389 g/mol. The van der Waals surface area contributed by atoms with Crippen LogP contribution in [-0.4, -0.2) is 27.8 Å². The first-order chi connectivity index (χ1) is 13.6. The highest BCUT2D eigenvalue weighted by atomic mass is 32.1. The number of nitrogens with zero attached hydrogens (tertiary/aromatic N) is 4. The second kappa shape index (κ2) is 7.13. The summed E-state index contributed by atoms with van der Waals surface area (Å²) >= 11 is 1.45. The first-order valence-corrected chi connectivity index (χ1v) is 9.22. The van der Waals surface area contributed by atoms with Crippen LogP contribution in [0.3, 0.4) is 0 Å². The summed E-state index contributed by atoms with van der Waals surface area (Å²) in [5, 5.41) is 17.0. The van der Waals surface area contributed by atoms with Gasteiger partial charge >= 0.3 is 0 Å². The molecule has 2 aromatic carbocycles. The highest BCUT2D eigenvalue weighted by Crippen LogP contribution is 2.30. The third kappa shape index (κ3) is 3.31. The zero-order chi connectivity index (χ0) is 19.7. The predicted molar refractivity (Wildman–Crippen MR) is 107 cm³/mol. The molecule has 0 saturated heterocycles. The van der Waals surface area contributed by atoms with Crippen LogP contribution in [-0.2, 0) is 0 Å². The van der Waals surface area contributed by atoms with E-state index in [4.69, 9.17) is 10.00 Å². The van der Waals surface area contributed by atoms with E-state index >= 15 is 0 Å². The van der Waals surface area contributed by atoms with Gasteiger partial charge in [0.05, 0.1) is 34.7 Å². The fourth-order valence-electron chi connectivity index (χ4n) is 2.76. The van der Waals surface area contributed by atoms with Crippen LogP contribution in [0.1, 0.15) is 21.6 Å². The smallest absolute Gasteiger partial charge is 0.256 e. The number of methoxy groups -OCH3 is 1. The van der Waals surface area contributed by atoms with E-state index < -0.39 is 0 Å². The molecule has 0 saturated carbocycles. The van der Waals surface area contributed by atoms with Gasteiger partial charge in [0, 0.05) is 11.6 Å². The minimum absolute atomic E-state index is 0.318. The summed E-state index contributed by atoms with van der Waals surface area (Å²) in [7, 11) is 1.62. The number of thiazole rings is 1.